The number of carbonyl (C=O) groups excluding carboxylic acids is 1. The van der Waals surface area contributed by atoms with Crippen LogP contribution < -0.4 is 14.4 Å². The van der Waals surface area contributed by atoms with Gasteiger partial charge >= 0.3 is 12.6 Å². The van der Waals surface area contributed by atoms with Crippen molar-refractivity contribution in [2.45, 2.75) is 46.5 Å². The first-order chi connectivity index (χ1) is 16.2. The van der Waals surface area contributed by atoms with E-state index < -0.39 is 18.2 Å². The van der Waals surface area contributed by atoms with Gasteiger partial charge in [0.2, 0.25) is 0 Å². The van der Waals surface area contributed by atoms with Gasteiger partial charge in [-0.15, -0.1) is 0 Å². The van der Waals surface area contributed by atoms with Gasteiger partial charge in [-0.1, -0.05) is 12.1 Å². The van der Waals surface area contributed by atoms with Crippen LogP contribution in [-0.2, 0) is 11.3 Å². The Balaban J connectivity index is 2.04. The van der Waals surface area contributed by atoms with Gasteiger partial charge in [0.15, 0.2) is 11.5 Å². The summed E-state index contributed by atoms with van der Waals surface area (Å²) in [4.78, 5) is 18.8. The molecule has 180 valence electrons. The second kappa shape index (κ2) is 11.0. The van der Waals surface area contributed by atoms with Gasteiger partial charge < -0.3 is 19.1 Å². The molecule has 1 heterocycles. The van der Waals surface area contributed by atoms with Crippen LogP contribution in [0.15, 0.2) is 67.0 Å². The van der Waals surface area contributed by atoms with Crippen LogP contribution in [0.25, 0.3) is 0 Å². The Morgan fingerprint density at radius 1 is 1.03 bits per heavy atom. The van der Waals surface area contributed by atoms with E-state index in [2.05, 4.69) is 9.72 Å². The van der Waals surface area contributed by atoms with Crippen LogP contribution in [0.1, 0.15) is 43.6 Å². The molecular formula is C26H28F2N2O4. The highest BCUT2D eigenvalue weighted by molar-refractivity contribution is 5.91. The number of carbonyl (C=O) groups is 1. The molecule has 0 atom stereocenters. The predicted octanol–water partition coefficient (Wildman–Crippen LogP) is 6.38. The van der Waals surface area contributed by atoms with Gasteiger partial charge in [-0.25, -0.2) is 4.79 Å². The maximum Gasteiger partial charge on any atom is 0.387 e. The minimum atomic E-state index is -2.97. The van der Waals surface area contributed by atoms with E-state index in [0.717, 1.165) is 5.56 Å². The molecule has 3 rings (SSSR count). The molecule has 0 radical (unpaired) electrons. The van der Waals surface area contributed by atoms with Crippen molar-refractivity contribution in [1.29, 1.82) is 0 Å². The van der Waals surface area contributed by atoms with E-state index in [0.29, 0.717) is 23.5 Å². The third-order valence-corrected chi connectivity index (χ3v) is 4.61. The second-order valence-corrected chi connectivity index (χ2v) is 8.44. The van der Waals surface area contributed by atoms with E-state index in [9.17, 15) is 13.6 Å². The number of benzene rings is 2. The molecular weight excluding hydrogens is 442 g/mol. The molecule has 1 aromatic heterocycles. The summed E-state index contributed by atoms with van der Waals surface area (Å²) in [6.07, 6.45) is 3.42. The van der Waals surface area contributed by atoms with Crippen LogP contribution in [0.5, 0.6) is 11.5 Å². The fraction of sp³-hybridized carbons (Fsp3) is 0.308. The third kappa shape index (κ3) is 6.91. The Kier molecular flexibility index (Phi) is 8.04. The van der Waals surface area contributed by atoms with Crippen molar-refractivity contribution >= 4 is 17.3 Å². The first-order valence-electron chi connectivity index (χ1n) is 10.9. The Bertz CT molecular complexity index is 1100. The van der Waals surface area contributed by atoms with Gasteiger partial charge in [-0.05, 0) is 69.7 Å². The van der Waals surface area contributed by atoms with Crippen molar-refractivity contribution in [1.82, 2.24) is 4.98 Å². The standard InChI is InChI=1S/C26H28F2N2O4/c1-5-32-23-15-21(11-12-22(23)33-25(27)28)30(17-18-8-7-13-29-16-18)20-10-6-9-19(14-20)24(31)34-26(2,3)4/h6-16,25H,5,17H2,1-4H3. The second-order valence-electron chi connectivity index (χ2n) is 8.44. The Hall–Kier alpha value is -3.68. The molecule has 34 heavy (non-hydrogen) atoms. The number of hydrogen-bond acceptors (Lipinski definition) is 6. The van der Waals surface area contributed by atoms with Crippen molar-refractivity contribution in [3.05, 3.63) is 78.1 Å². The maximum absolute atomic E-state index is 12.9. The Labute approximate surface area is 198 Å². The number of ether oxygens (including phenoxy) is 3. The van der Waals surface area contributed by atoms with Crippen LogP contribution in [0.2, 0.25) is 0 Å². The number of rotatable bonds is 9. The average molecular weight is 471 g/mol. The zero-order valence-electron chi connectivity index (χ0n) is 19.6. The highest BCUT2D eigenvalue weighted by atomic mass is 19.3. The number of esters is 1. The molecule has 8 heteroatoms. The van der Waals surface area contributed by atoms with Crippen LogP contribution in [0.3, 0.4) is 0 Å². The molecule has 6 nitrogen and oxygen atoms in total. The lowest BCUT2D eigenvalue weighted by atomic mass is 10.1. The zero-order valence-corrected chi connectivity index (χ0v) is 19.6. The van der Waals surface area contributed by atoms with E-state index in [4.69, 9.17) is 9.47 Å². The molecule has 0 amide bonds. The lowest BCUT2D eigenvalue weighted by Gasteiger charge is -2.27. The summed E-state index contributed by atoms with van der Waals surface area (Å²) in [5.74, 6) is -0.296. The molecule has 0 unspecified atom stereocenters. The Morgan fingerprint density at radius 3 is 2.44 bits per heavy atom. The fourth-order valence-electron chi connectivity index (χ4n) is 3.27. The van der Waals surface area contributed by atoms with Gasteiger partial charge in [0.1, 0.15) is 5.60 Å². The van der Waals surface area contributed by atoms with Crippen LogP contribution in [-0.4, -0.2) is 29.8 Å². The minimum Gasteiger partial charge on any atom is -0.490 e. The maximum atomic E-state index is 12.9. The number of halogens is 2. The number of aromatic nitrogens is 1. The van der Waals surface area contributed by atoms with Crippen LogP contribution in [0.4, 0.5) is 20.2 Å². The smallest absolute Gasteiger partial charge is 0.387 e. The summed E-state index contributed by atoms with van der Waals surface area (Å²) < 4.78 is 41.4. The molecule has 0 aliphatic heterocycles. The van der Waals surface area contributed by atoms with E-state index in [-0.39, 0.29) is 18.1 Å². The number of anilines is 2. The molecule has 3 aromatic rings. The molecule has 0 spiro atoms. The quantitative estimate of drug-likeness (QED) is 0.339. The van der Waals surface area contributed by atoms with Crippen LogP contribution >= 0.6 is 0 Å². The highest BCUT2D eigenvalue weighted by Crippen LogP contribution is 2.37. The number of alkyl halides is 2. The van der Waals surface area contributed by atoms with Gasteiger partial charge in [-0.3, -0.25) is 4.98 Å². The van der Waals surface area contributed by atoms with Crippen LogP contribution in [0, 0.1) is 0 Å². The lowest BCUT2D eigenvalue weighted by molar-refractivity contribution is -0.0514. The van der Waals surface area contributed by atoms with Crippen molar-refractivity contribution in [3.8, 4) is 11.5 Å². The number of pyridine rings is 1. The summed E-state index contributed by atoms with van der Waals surface area (Å²) in [5, 5.41) is 0. The average Bonchev–Trinajstić information content (AvgIpc) is 2.78. The predicted molar refractivity (Wildman–Crippen MR) is 126 cm³/mol. The van der Waals surface area contributed by atoms with Crippen molar-refractivity contribution in [3.63, 3.8) is 0 Å². The molecule has 0 aliphatic rings. The molecule has 0 saturated heterocycles. The van der Waals surface area contributed by atoms with Crippen molar-refractivity contribution < 1.29 is 27.8 Å². The van der Waals surface area contributed by atoms with E-state index >= 15 is 0 Å². The summed E-state index contributed by atoms with van der Waals surface area (Å²) in [5.41, 5.74) is 2.05. The molecule has 0 aliphatic carbocycles. The van der Waals surface area contributed by atoms with Gasteiger partial charge in [0.05, 0.1) is 12.2 Å². The molecule has 0 bridgehead atoms. The number of hydrogen-bond donors (Lipinski definition) is 0. The number of nitrogens with zero attached hydrogens (tertiary/aromatic N) is 2. The zero-order chi connectivity index (χ0) is 24.7. The monoisotopic (exact) mass is 470 g/mol. The van der Waals surface area contributed by atoms with E-state index in [1.165, 1.54) is 6.07 Å². The summed E-state index contributed by atoms with van der Waals surface area (Å²) in [6, 6.07) is 15.5. The SMILES string of the molecule is CCOc1cc(N(Cc2cccnc2)c2cccc(C(=O)OC(C)(C)C)c2)ccc1OC(F)F. The molecule has 0 saturated carbocycles. The van der Waals surface area contributed by atoms with E-state index in [1.807, 2.05) is 43.9 Å². The lowest BCUT2D eigenvalue weighted by Crippen LogP contribution is -2.24. The summed E-state index contributed by atoms with van der Waals surface area (Å²) >= 11 is 0. The molecule has 2 aromatic carbocycles. The highest BCUT2D eigenvalue weighted by Gasteiger charge is 2.20. The fourth-order valence-corrected chi connectivity index (χ4v) is 3.27. The van der Waals surface area contributed by atoms with Gasteiger partial charge in [-0.2, -0.15) is 8.78 Å². The van der Waals surface area contributed by atoms with Crippen molar-refractivity contribution in [2.24, 2.45) is 0 Å². The first kappa shape index (κ1) is 25.0. The summed E-state index contributed by atoms with van der Waals surface area (Å²) in [6.45, 7) is 4.90. The van der Waals surface area contributed by atoms with Crippen molar-refractivity contribution in [2.75, 3.05) is 11.5 Å². The minimum absolute atomic E-state index is 0.0515. The summed E-state index contributed by atoms with van der Waals surface area (Å²) in [7, 11) is 0. The third-order valence-electron chi connectivity index (χ3n) is 4.61. The largest absolute Gasteiger partial charge is 0.490 e. The van der Waals surface area contributed by atoms with Gasteiger partial charge in [0, 0.05) is 36.4 Å². The Morgan fingerprint density at radius 2 is 1.79 bits per heavy atom. The molecule has 0 N–H and O–H groups in total. The van der Waals surface area contributed by atoms with Gasteiger partial charge in [0.25, 0.3) is 0 Å². The van der Waals surface area contributed by atoms with E-state index in [1.54, 1.807) is 49.6 Å². The topological polar surface area (TPSA) is 60.9 Å². The first-order valence-corrected chi connectivity index (χ1v) is 10.9. The normalized spacial score (nSPS) is 11.3. The molecule has 0 fully saturated rings.